The second kappa shape index (κ2) is 9.44. The Morgan fingerprint density at radius 3 is 1.33 bits per heavy atom. The predicted molar refractivity (Wildman–Crippen MR) is 13.4 cm³/mol. The van der Waals surface area contributed by atoms with Crippen LogP contribution in [0.25, 0.3) is 0 Å². The predicted octanol–water partition coefficient (Wildman–Crippen LogP) is -0.324. The summed E-state index contributed by atoms with van der Waals surface area (Å²) in [5.74, 6) is 0. The average Bonchev–Trinajstić information content (AvgIpc) is 0.811. The maximum Gasteiger partial charge on any atom is 0.299 e. The number of hydrogen-bond donors (Lipinski definition) is 2. The Morgan fingerprint density at radius 1 is 1.33 bits per heavy atom. The van der Waals surface area contributed by atoms with E-state index in [1.807, 2.05) is 0 Å². The zero-order chi connectivity index (χ0) is 3.58. The van der Waals surface area contributed by atoms with Gasteiger partial charge in [0.15, 0.2) is 0 Å². The van der Waals surface area contributed by atoms with E-state index in [1.54, 1.807) is 0 Å². The van der Waals surface area contributed by atoms with Gasteiger partial charge in [0.2, 0.25) is 0 Å². The molecule has 0 unspecified atom stereocenters. The van der Waals surface area contributed by atoms with Crippen molar-refractivity contribution in [2.75, 3.05) is 0 Å². The van der Waals surface area contributed by atoms with Gasteiger partial charge in [-0.05, 0) is 0 Å². The molecule has 45 valence electrons. The van der Waals surface area contributed by atoms with E-state index in [0.29, 0.717) is 0 Å². The van der Waals surface area contributed by atoms with Crippen LogP contribution >= 0.6 is 0 Å². The van der Waals surface area contributed by atoms with Gasteiger partial charge in [-0.3, -0.25) is 9.11 Å². The van der Waals surface area contributed by atoms with E-state index in [1.165, 1.54) is 0 Å². The van der Waals surface area contributed by atoms with E-state index in [2.05, 4.69) is 0 Å². The first-order valence-corrected chi connectivity index (χ1v) is 1.60. The molecule has 1 radical (unpaired) electrons. The standard InChI is InChI=1S/Cu.Fe.H2O3S/c;;1-4(2)3/h;;(H2,1,2,3). The fourth-order valence-electron chi connectivity index (χ4n) is 0. The molecule has 6 heavy (non-hydrogen) atoms. The summed E-state index contributed by atoms with van der Waals surface area (Å²) < 4.78 is 22.8. The van der Waals surface area contributed by atoms with Crippen LogP contribution in [0.5, 0.6) is 0 Å². The first kappa shape index (κ1) is 15.7. The molecule has 0 saturated heterocycles. The summed E-state index contributed by atoms with van der Waals surface area (Å²) in [6.07, 6.45) is 0. The molecule has 0 saturated carbocycles. The Labute approximate surface area is 58.9 Å². The van der Waals surface area contributed by atoms with Gasteiger partial charge in [0.1, 0.15) is 0 Å². The molecule has 0 spiro atoms. The zero-order valence-electron chi connectivity index (χ0n) is 2.37. The molecule has 0 aromatic carbocycles. The molecule has 2 N–H and O–H groups in total. The van der Waals surface area contributed by atoms with Gasteiger partial charge in [-0.1, -0.05) is 0 Å². The summed E-state index contributed by atoms with van der Waals surface area (Å²) in [6, 6.07) is 0. The van der Waals surface area contributed by atoms with Crippen molar-refractivity contribution in [1.82, 2.24) is 0 Å². The van der Waals surface area contributed by atoms with Crippen molar-refractivity contribution in [3.8, 4) is 0 Å². The van der Waals surface area contributed by atoms with Gasteiger partial charge in [0.25, 0.3) is 11.4 Å². The molecule has 0 amide bonds. The first-order chi connectivity index (χ1) is 1.73. The molecule has 3 nitrogen and oxygen atoms in total. The Balaban J connectivity index is -0.0000000450. The molecule has 0 bridgehead atoms. The van der Waals surface area contributed by atoms with E-state index in [0.717, 1.165) is 0 Å². The molecule has 6 heteroatoms. The quantitative estimate of drug-likeness (QED) is 0.417. The van der Waals surface area contributed by atoms with E-state index >= 15 is 0 Å². The first-order valence-electron chi connectivity index (χ1n) is 0.532. The third kappa shape index (κ3) is 70.1. The molecule has 0 fully saturated rings. The SMILES string of the molecule is O=S(O)O.[Cu].[Fe]. The molecule has 0 aliphatic rings. The van der Waals surface area contributed by atoms with Crippen LogP contribution in [0.1, 0.15) is 0 Å². The van der Waals surface area contributed by atoms with Gasteiger partial charge >= 0.3 is 0 Å². The largest absolute Gasteiger partial charge is 0.299 e. The van der Waals surface area contributed by atoms with Crippen LogP contribution in [0.4, 0.5) is 0 Å². The molecule has 0 heterocycles. The van der Waals surface area contributed by atoms with E-state index in [4.69, 9.17) is 13.3 Å². The molecular weight excluding hydrogens is 199 g/mol. The topological polar surface area (TPSA) is 57.5 Å². The molecule has 0 rings (SSSR count). The normalized spacial score (nSPS) is 5.83. The average molecular weight is 201 g/mol. The molecule has 0 aromatic heterocycles. The summed E-state index contributed by atoms with van der Waals surface area (Å²) in [5, 5.41) is 0. The van der Waals surface area contributed by atoms with Crippen LogP contribution in [0.2, 0.25) is 0 Å². The van der Waals surface area contributed by atoms with Crippen molar-refractivity contribution in [2.24, 2.45) is 0 Å². The third-order valence-corrected chi connectivity index (χ3v) is 0. The molecule has 0 aliphatic carbocycles. The fourth-order valence-corrected chi connectivity index (χ4v) is 0. The van der Waals surface area contributed by atoms with Gasteiger partial charge in [-0.25, -0.2) is 0 Å². The van der Waals surface area contributed by atoms with Gasteiger partial charge in [0.05, 0.1) is 0 Å². The van der Waals surface area contributed by atoms with Crippen LogP contribution in [0, 0.1) is 0 Å². The van der Waals surface area contributed by atoms with Gasteiger partial charge in [-0.15, -0.1) is 0 Å². The zero-order valence-corrected chi connectivity index (χ0v) is 5.23. The van der Waals surface area contributed by atoms with Crippen LogP contribution in [0.3, 0.4) is 0 Å². The van der Waals surface area contributed by atoms with E-state index < -0.39 is 11.4 Å². The fraction of sp³-hybridized carbons (Fsp3) is 0. The van der Waals surface area contributed by atoms with Crippen molar-refractivity contribution >= 4 is 11.4 Å². The molecular formula is H2CuFeO3S. The molecule has 0 aliphatic heterocycles. The van der Waals surface area contributed by atoms with E-state index in [-0.39, 0.29) is 34.1 Å². The van der Waals surface area contributed by atoms with Crippen molar-refractivity contribution in [3.63, 3.8) is 0 Å². The smallest absolute Gasteiger partial charge is 0.284 e. The second-order valence-electron chi connectivity index (χ2n) is 0.231. The monoisotopic (exact) mass is 201 g/mol. The summed E-state index contributed by atoms with van der Waals surface area (Å²) in [7, 11) is 0. The van der Waals surface area contributed by atoms with Gasteiger partial charge in [0, 0.05) is 34.1 Å². The minimum absolute atomic E-state index is 0. The van der Waals surface area contributed by atoms with Gasteiger partial charge < -0.3 is 0 Å². The second-order valence-corrected chi connectivity index (χ2v) is 0.692. The van der Waals surface area contributed by atoms with Crippen LogP contribution in [0.15, 0.2) is 0 Å². The maximum atomic E-state index is 8.67. The summed E-state index contributed by atoms with van der Waals surface area (Å²) in [4.78, 5) is 0. The molecule has 0 atom stereocenters. The minimum Gasteiger partial charge on any atom is -0.284 e. The Kier molecular flexibility index (Phi) is 24.7. The van der Waals surface area contributed by atoms with Crippen molar-refractivity contribution in [2.45, 2.75) is 0 Å². The maximum absolute atomic E-state index is 8.67. The number of rotatable bonds is 0. The Morgan fingerprint density at radius 2 is 1.33 bits per heavy atom. The minimum atomic E-state index is -2.61. The van der Waals surface area contributed by atoms with Crippen molar-refractivity contribution in [3.05, 3.63) is 0 Å². The Hall–Kier alpha value is 1.11. The van der Waals surface area contributed by atoms with Crippen LogP contribution in [-0.2, 0) is 45.5 Å². The van der Waals surface area contributed by atoms with Crippen LogP contribution in [-0.4, -0.2) is 13.3 Å². The third-order valence-electron chi connectivity index (χ3n) is 0. The van der Waals surface area contributed by atoms with Gasteiger partial charge in [-0.2, -0.15) is 4.21 Å². The van der Waals surface area contributed by atoms with E-state index in [9.17, 15) is 0 Å². The Bertz CT molecular complexity index is 33.8. The van der Waals surface area contributed by atoms with Crippen molar-refractivity contribution < 1.29 is 47.5 Å². The summed E-state index contributed by atoms with van der Waals surface area (Å²) in [5.41, 5.74) is 0. The number of hydrogen-bond acceptors (Lipinski definition) is 1. The summed E-state index contributed by atoms with van der Waals surface area (Å²) >= 11 is -2.61. The molecule has 0 aromatic rings. The summed E-state index contributed by atoms with van der Waals surface area (Å²) in [6.45, 7) is 0. The van der Waals surface area contributed by atoms with Crippen LogP contribution < -0.4 is 0 Å². The van der Waals surface area contributed by atoms with Crippen molar-refractivity contribution in [1.29, 1.82) is 0 Å².